The fourth-order valence-corrected chi connectivity index (χ4v) is 9.37. The van der Waals surface area contributed by atoms with E-state index in [4.69, 9.17) is 4.42 Å². The Morgan fingerprint density at radius 1 is 0.212 bits per heavy atom. The molecule has 0 N–H and O–H groups in total. The molecule has 12 aromatic rings. The molecule has 0 aliphatic heterocycles. The molecule has 0 saturated heterocycles. The highest BCUT2D eigenvalue weighted by Gasteiger charge is 2.16. The molecular weight excluding hydrogens is 799 g/mol. The van der Waals surface area contributed by atoms with Crippen LogP contribution in [0.3, 0.4) is 0 Å². The first-order valence-electron chi connectivity index (χ1n) is 22.5. The van der Waals surface area contributed by atoms with Crippen LogP contribution in [-0.4, -0.2) is 0 Å². The summed E-state index contributed by atoms with van der Waals surface area (Å²) in [5.41, 5.74) is 19.2. The number of benzene rings is 11. The minimum absolute atomic E-state index is 0.897. The van der Waals surface area contributed by atoms with E-state index in [1.165, 1.54) is 60.8 Å². The summed E-state index contributed by atoms with van der Waals surface area (Å²) in [5, 5.41) is 4.78. The van der Waals surface area contributed by atoms with Gasteiger partial charge in [-0.05, 0) is 144 Å². The van der Waals surface area contributed by atoms with Crippen molar-refractivity contribution in [2.45, 2.75) is 0 Å². The average molecular weight is 842 g/mol. The van der Waals surface area contributed by atoms with Crippen LogP contribution in [0.25, 0.3) is 99.5 Å². The van der Waals surface area contributed by atoms with Crippen LogP contribution in [0.2, 0.25) is 0 Å². The maximum Gasteiger partial charge on any atom is 0.136 e. The molecular formula is C64H43NO. The molecule has 0 bridgehead atoms. The molecule has 1 aromatic heterocycles. The third-order valence-electron chi connectivity index (χ3n) is 12.9. The maximum absolute atomic E-state index is 6.26. The van der Waals surface area contributed by atoms with E-state index >= 15 is 0 Å². The molecule has 0 fully saturated rings. The number of nitrogens with zero attached hydrogens (tertiary/aromatic N) is 1. The Morgan fingerprint density at radius 3 is 1.27 bits per heavy atom. The van der Waals surface area contributed by atoms with Crippen LogP contribution in [0, 0.1) is 0 Å². The van der Waals surface area contributed by atoms with Crippen LogP contribution in [0.1, 0.15) is 0 Å². The minimum Gasteiger partial charge on any atom is -0.456 e. The lowest BCUT2D eigenvalue weighted by atomic mass is 9.96. The Labute approximate surface area is 384 Å². The summed E-state index contributed by atoms with van der Waals surface area (Å²) >= 11 is 0. The summed E-state index contributed by atoms with van der Waals surface area (Å²) in [5.74, 6) is 0. The van der Waals surface area contributed by atoms with Crippen molar-refractivity contribution in [3.05, 3.63) is 261 Å². The fraction of sp³-hybridized carbons (Fsp3) is 0. The van der Waals surface area contributed by atoms with E-state index in [9.17, 15) is 0 Å². The normalized spacial score (nSPS) is 11.3. The molecule has 0 spiro atoms. The summed E-state index contributed by atoms with van der Waals surface area (Å²) in [6.45, 7) is 0. The number of furan rings is 1. The summed E-state index contributed by atoms with van der Waals surface area (Å²) in [6.07, 6.45) is 0. The Bertz CT molecular complexity index is 3660. The second-order valence-electron chi connectivity index (χ2n) is 17.0. The minimum atomic E-state index is 0.897. The van der Waals surface area contributed by atoms with Crippen LogP contribution in [0.4, 0.5) is 17.1 Å². The van der Waals surface area contributed by atoms with Gasteiger partial charge in [0.25, 0.3) is 0 Å². The first-order valence-corrected chi connectivity index (χ1v) is 22.5. The lowest BCUT2D eigenvalue weighted by Crippen LogP contribution is -2.10. The van der Waals surface area contributed by atoms with Gasteiger partial charge in [-0.15, -0.1) is 0 Å². The Balaban J connectivity index is 0.857. The van der Waals surface area contributed by atoms with E-state index in [0.29, 0.717) is 0 Å². The molecule has 0 atom stereocenters. The van der Waals surface area contributed by atoms with Gasteiger partial charge in [-0.2, -0.15) is 0 Å². The summed E-state index contributed by atoms with van der Waals surface area (Å²) in [7, 11) is 0. The Hall–Kier alpha value is -8.72. The molecule has 11 aromatic carbocycles. The van der Waals surface area contributed by atoms with E-state index in [2.05, 4.69) is 254 Å². The van der Waals surface area contributed by atoms with Crippen LogP contribution in [-0.2, 0) is 0 Å². The van der Waals surface area contributed by atoms with Crippen molar-refractivity contribution in [1.82, 2.24) is 0 Å². The third kappa shape index (κ3) is 7.51. The number of anilines is 3. The predicted octanol–water partition coefficient (Wildman–Crippen LogP) is 18.2. The average Bonchev–Trinajstić information content (AvgIpc) is 3.78. The van der Waals surface area contributed by atoms with Gasteiger partial charge in [-0.3, -0.25) is 0 Å². The van der Waals surface area contributed by atoms with Gasteiger partial charge in [0.15, 0.2) is 0 Å². The molecule has 2 nitrogen and oxygen atoms in total. The zero-order valence-electron chi connectivity index (χ0n) is 36.2. The van der Waals surface area contributed by atoms with Crippen molar-refractivity contribution in [1.29, 1.82) is 0 Å². The second kappa shape index (κ2) is 16.8. The SMILES string of the molecule is c1ccc(-c2ccc(-c3cccc(N(c4ccc(-c5ccc(-c6cccc(-c7ccc8ccccc8c7)c6)cc5)cc4)c4ccc(-c5ccc6c(c5)oc5ccccc56)cc4)c3)cc2)cc1. The smallest absolute Gasteiger partial charge is 0.136 e. The highest BCUT2D eigenvalue weighted by atomic mass is 16.3. The topological polar surface area (TPSA) is 16.4 Å². The number of fused-ring (bicyclic) bond motifs is 4. The fourth-order valence-electron chi connectivity index (χ4n) is 9.37. The van der Waals surface area contributed by atoms with Gasteiger partial charge in [0.2, 0.25) is 0 Å². The van der Waals surface area contributed by atoms with E-state index < -0.39 is 0 Å². The molecule has 66 heavy (non-hydrogen) atoms. The molecule has 0 aliphatic rings. The van der Waals surface area contributed by atoms with Gasteiger partial charge in [0.05, 0.1) is 0 Å². The third-order valence-corrected chi connectivity index (χ3v) is 12.9. The van der Waals surface area contributed by atoms with E-state index in [1.54, 1.807) is 0 Å². The summed E-state index contributed by atoms with van der Waals surface area (Å²) in [4.78, 5) is 2.35. The molecule has 0 saturated carbocycles. The van der Waals surface area contributed by atoms with Crippen molar-refractivity contribution in [3.8, 4) is 66.8 Å². The van der Waals surface area contributed by atoms with Gasteiger partial charge in [0.1, 0.15) is 11.2 Å². The van der Waals surface area contributed by atoms with Gasteiger partial charge in [0, 0.05) is 27.8 Å². The number of para-hydroxylation sites is 1. The molecule has 2 heteroatoms. The molecule has 0 unspecified atom stereocenters. The molecule has 12 rings (SSSR count). The molecule has 0 radical (unpaired) electrons. The zero-order chi connectivity index (χ0) is 43.8. The van der Waals surface area contributed by atoms with Gasteiger partial charge in [-0.25, -0.2) is 0 Å². The van der Waals surface area contributed by atoms with Crippen molar-refractivity contribution in [2.75, 3.05) is 4.90 Å². The highest BCUT2D eigenvalue weighted by molar-refractivity contribution is 6.06. The maximum atomic E-state index is 6.26. The quantitative estimate of drug-likeness (QED) is 0.144. The summed E-state index contributed by atoms with van der Waals surface area (Å²) in [6, 6.07) is 93.9. The number of hydrogen-bond acceptors (Lipinski definition) is 2. The molecule has 0 aliphatic carbocycles. The molecule has 1 heterocycles. The van der Waals surface area contributed by atoms with Gasteiger partial charge >= 0.3 is 0 Å². The lowest BCUT2D eigenvalue weighted by Gasteiger charge is -2.26. The zero-order valence-corrected chi connectivity index (χ0v) is 36.2. The highest BCUT2D eigenvalue weighted by Crippen LogP contribution is 2.40. The number of hydrogen-bond donors (Lipinski definition) is 0. The van der Waals surface area contributed by atoms with Crippen LogP contribution in [0.5, 0.6) is 0 Å². The monoisotopic (exact) mass is 841 g/mol. The van der Waals surface area contributed by atoms with Crippen molar-refractivity contribution >= 4 is 49.8 Å². The van der Waals surface area contributed by atoms with Crippen molar-refractivity contribution in [3.63, 3.8) is 0 Å². The number of rotatable bonds is 9. The largest absolute Gasteiger partial charge is 0.456 e. The standard InChI is InChI=1S/C64H43NO/c1-2-10-44(11-3-1)46-20-26-50(27-21-46)55-16-9-17-60(42-55)65(59-37-32-51(33-38-59)57-34-39-62-61-18-6-7-19-63(61)66-64(62)43-57)58-35-30-48(31-36-58)47-22-24-49(25-23-47)53-14-8-15-54(40-53)56-29-28-45-12-4-5-13-52(45)41-56/h1-43H. The van der Waals surface area contributed by atoms with E-state index in [-0.39, 0.29) is 0 Å². The van der Waals surface area contributed by atoms with Gasteiger partial charge < -0.3 is 9.32 Å². The van der Waals surface area contributed by atoms with Crippen molar-refractivity contribution < 1.29 is 4.42 Å². The second-order valence-corrected chi connectivity index (χ2v) is 17.0. The first kappa shape index (κ1) is 38.9. The van der Waals surface area contributed by atoms with Gasteiger partial charge in [-0.1, -0.05) is 194 Å². The Morgan fingerprint density at radius 2 is 0.621 bits per heavy atom. The van der Waals surface area contributed by atoms with E-state index in [1.807, 2.05) is 12.1 Å². The summed E-state index contributed by atoms with van der Waals surface area (Å²) < 4.78 is 6.26. The predicted molar refractivity (Wildman–Crippen MR) is 279 cm³/mol. The van der Waals surface area contributed by atoms with Crippen LogP contribution < -0.4 is 4.90 Å². The lowest BCUT2D eigenvalue weighted by molar-refractivity contribution is 0.669. The first-order chi connectivity index (χ1) is 32.7. The van der Waals surface area contributed by atoms with Crippen molar-refractivity contribution in [2.24, 2.45) is 0 Å². The Kier molecular flexibility index (Phi) is 9.89. The molecule has 310 valence electrons. The molecule has 0 amide bonds. The van der Waals surface area contributed by atoms with Crippen LogP contribution >= 0.6 is 0 Å². The van der Waals surface area contributed by atoms with Crippen LogP contribution in [0.15, 0.2) is 265 Å². The van der Waals surface area contributed by atoms with E-state index in [0.717, 1.165) is 55.7 Å².